The summed E-state index contributed by atoms with van der Waals surface area (Å²) in [6, 6.07) is 5.54. The van der Waals surface area contributed by atoms with Gasteiger partial charge in [-0.3, -0.25) is 19.1 Å². The molecule has 2 heterocycles. The van der Waals surface area contributed by atoms with Crippen LogP contribution in [0.5, 0.6) is 0 Å². The van der Waals surface area contributed by atoms with E-state index >= 15 is 0 Å². The molecule has 9 heteroatoms. The number of rotatable bonds is 3. The fourth-order valence-electron chi connectivity index (χ4n) is 2.68. The summed E-state index contributed by atoms with van der Waals surface area (Å²) in [6.45, 7) is 5.86. The largest absolute Gasteiger partial charge is 0.306 e. The molecule has 0 aliphatic carbocycles. The van der Waals surface area contributed by atoms with E-state index in [-0.39, 0.29) is 16.8 Å². The van der Waals surface area contributed by atoms with E-state index in [4.69, 9.17) is 0 Å². The van der Waals surface area contributed by atoms with Gasteiger partial charge in [-0.15, -0.1) is 0 Å². The molecule has 25 heavy (non-hydrogen) atoms. The van der Waals surface area contributed by atoms with Gasteiger partial charge in [-0.05, 0) is 26.8 Å². The van der Waals surface area contributed by atoms with Crippen LogP contribution in [-0.2, 0) is 27.8 Å². The first-order valence-corrected chi connectivity index (χ1v) is 9.17. The lowest BCUT2D eigenvalue weighted by Crippen LogP contribution is -2.27. The first-order chi connectivity index (χ1) is 11.7. The second kappa shape index (κ2) is 6.07. The van der Waals surface area contributed by atoms with Crippen LogP contribution in [0.3, 0.4) is 0 Å². The highest BCUT2D eigenvalue weighted by Crippen LogP contribution is 2.33. The minimum absolute atomic E-state index is 0.150. The van der Waals surface area contributed by atoms with Crippen LogP contribution in [0, 0.1) is 10.1 Å². The van der Waals surface area contributed by atoms with Crippen molar-refractivity contribution in [2.75, 3.05) is 5.32 Å². The fraction of sp³-hybridized carbons (Fsp3) is 0.375. The summed E-state index contributed by atoms with van der Waals surface area (Å²) in [4.78, 5) is 22.9. The maximum absolute atomic E-state index is 12.6. The summed E-state index contributed by atoms with van der Waals surface area (Å²) in [5.74, 6) is 0.757. The van der Waals surface area contributed by atoms with Crippen LogP contribution >= 0.6 is 0 Å². The SMILES string of the molecule is CC(C)(C)n1nc2c(c1NC(=O)c1cccc([N+](=O)[O-])c1)C[S@@](=O)C2. The van der Waals surface area contributed by atoms with Crippen molar-refractivity contribution in [1.29, 1.82) is 0 Å². The number of nitrogens with one attached hydrogen (secondary N) is 1. The third-order valence-corrected chi connectivity index (χ3v) is 5.06. The van der Waals surface area contributed by atoms with Gasteiger partial charge in [0.05, 0.1) is 27.7 Å². The third kappa shape index (κ3) is 3.32. The minimum atomic E-state index is -1.02. The minimum Gasteiger partial charge on any atom is -0.306 e. The van der Waals surface area contributed by atoms with Crippen molar-refractivity contribution >= 4 is 28.2 Å². The number of nitro groups is 1. The molecule has 3 rings (SSSR count). The fourth-order valence-corrected chi connectivity index (χ4v) is 3.95. The van der Waals surface area contributed by atoms with E-state index in [9.17, 15) is 19.1 Å². The van der Waals surface area contributed by atoms with E-state index in [0.29, 0.717) is 17.3 Å². The monoisotopic (exact) mass is 362 g/mol. The van der Waals surface area contributed by atoms with Gasteiger partial charge in [0.2, 0.25) is 0 Å². The van der Waals surface area contributed by atoms with Crippen LogP contribution in [0.2, 0.25) is 0 Å². The molecular formula is C16H18N4O4S. The molecule has 132 valence electrons. The molecule has 0 unspecified atom stereocenters. The number of nitro benzene ring substituents is 1. The van der Waals surface area contributed by atoms with E-state index in [1.54, 1.807) is 4.68 Å². The Morgan fingerprint density at radius 3 is 2.72 bits per heavy atom. The Morgan fingerprint density at radius 1 is 1.36 bits per heavy atom. The van der Waals surface area contributed by atoms with Crippen molar-refractivity contribution in [1.82, 2.24) is 9.78 Å². The lowest BCUT2D eigenvalue weighted by molar-refractivity contribution is -0.384. The molecule has 1 aliphatic heterocycles. The van der Waals surface area contributed by atoms with Crippen molar-refractivity contribution in [2.45, 2.75) is 37.8 Å². The van der Waals surface area contributed by atoms with E-state index in [1.807, 2.05) is 20.8 Å². The molecule has 1 aliphatic rings. The first kappa shape index (κ1) is 17.3. The standard InChI is InChI=1S/C16H18N4O4S/c1-16(2,3)19-14(12-8-25(24)9-13(12)18-19)17-15(21)10-5-4-6-11(7-10)20(22)23/h4-7H,8-9H2,1-3H3,(H,17,21)/t25-/m1/s1. The smallest absolute Gasteiger partial charge is 0.270 e. The van der Waals surface area contributed by atoms with Crippen molar-refractivity contribution in [2.24, 2.45) is 0 Å². The van der Waals surface area contributed by atoms with Crippen molar-refractivity contribution in [3.05, 3.63) is 51.2 Å². The number of carbonyl (C=O) groups excluding carboxylic acids is 1. The molecule has 1 aromatic heterocycles. The highest BCUT2D eigenvalue weighted by Gasteiger charge is 2.31. The highest BCUT2D eigenvalue weighted by molar-refractivity contribution is 7.83. The van der Waals surface area contributed by atoms with Crippen LogP contribution in [0.15, 0.2) is 24.3 Å². The van der Waals surface area contributed by atoms with E-state index in [0.717, 1.165) is 11.3 Å². The molecule has 1 aromatic carbocycles. The topological polar surface area (TPSA) is 107 Å². The van der Waals surface area contributed by atoms with Gasteiger partial charge < -0.3 is 5.32 Å². The van der Waals surface area contributed by atoms with Crippen molar-refractivity contribution in [3.63, 3.8) is 0 Å². The lowest BCUT2D eigenvalue weighted by atomic mass is 10.1. The zero-order valence-corrected chi connectivity index (χ0v) is 14.9. The van der Waals surface area contributed by atoms with Gasteiger partial charge in [0.15, 0.2) is 0 Å². The van der Waals surface area contributed by atoms with Crippen LogP contribution in [0.4, 0.5) is 11.5 Å². The predicted molar refractivity (Wildman–Crippen MR) is 93.8 cm³/mol. The van der Waals surface area contributed by atoms with Crippen LogP contribution < -0.4 is 5.32 Å². The number of hydrogen-bond donors (Lipinski definition) is 1. The molecule has 1 N–H and O–H groups in total. The molecule has 8 nitrogen and oxygen atoms in total. The molecule has 0 saturated heterocycles. The van der Waals surface area contributed by atoms with E-state index in [1.165, 1.54) is 24.3 Å². The Balaban J connectivity index is 1.98. The molecule has 0 fully saturated rings. The molecule has 1 atom stereocenters. The maximum atomic E-state index is 12.6. The molecule has 0 spiro atoms. The molecule has 1 amide bonds. The normalized spacial score (nSPS) is 16.5. The highest BCUT2D eigenvalue weighted by atomic mass is 32.2. The Labute approximate surface area is 146 Å². The molecule has 2 aromatic rings. The summed E-state index contributed by atoms with van der Waals surface area (Å²) in [6.07, 6.45) is 0. The number of amides is 1. The van der Waals surface area contributed by atoms with Gasteiger partial charge in [-0.25, -0.2) is 4.68 Å². The second-order valence-electron chi connectivity index (χ2n) is 6.85. The summed E-state index contributed by atoms with van der Waals surface area (Å²) in [5, 5.41) is 18.2. The number of anilines is 1. The van der Waals surface area contributed by atoms with E-state index in [2.05, 4.69) is 10.4 Å². The number of carbonyl (C=O) groups is 1. The Kier molecular flexibility index (Phi) is 4.19. The lowest BCUT2D eigenvalue weighted by Gasteiger charge is -2.23. The number of fused-ring (bicyclic) bond motifs is 1. The first-order valence-electron chi connectivity index (χ1n) is 7.69. The summed E-state index contributed by atoms with van der Waals surface area (Å²) < 4.78 is 13.5. The van der Waals surface area contributed by atoms with Crippen molar-refractivity contribution < 1.29 is 13.9 Å². The molecular weight excluding hydrogens is 344 g/mol. The van der Waals surface area contributed by atoms with Gasteiger partial charge in [0.25, 0.3) is 11.6 Å². The van der Waals surface area contributed by atoms with Gasteiger partial charge in [0, 0.05) is 34.1 Å². The zero-order valence-electron chi connectivity index (χ0n) is 14.1. The van der Waals surface area contributed by atoms with Gasteiger partial charge in [-0.2, -0.15) is 5.10 Å². The zero-order chi connectivity index (χ0) is 18.4. The average molecular weight is 362 g/mol. The number of aromatic nitrogens is 2. The summed E-state index contributed by atoms with van der Waals surface area (Å²) >= 11 is 0. The Morgan fingerprint density at radius 2 is 2.08 bits per heavy atom. The average Bonchev–Trinajstić information content (AvgIpc) is 3.04. The molecule has 0 saturated carbocycles. The van der Waals surface area contributed by atoms with Crippen LogP contribution in [0.25, 0.3) is 0 Å². The van der Waals surface area contributed by atoms with Gasteiger partial charge in [-0.1, -0.05) is 6.07 Å². The Bertz CT molecular complexity index is 898. The van der Waals surface area contributed by atoms with Crippen LogP contribution in [-0.4, -0.2) is 24.8 Å². The maximum Gasteiger partial charge on any atom is 0.270 e. The number of hydrogen-bond acceptors (Lipinski definition) is 5. The molecule has 0 bridgehead atoms. The van der Waals surface area contributed by atoms with Gasteiger partial charge >= 0.3 is 0 Å². The summed E-state index contributed by atoms with van der Waals surface area (Å²) in [7, 11) is -1.02. The van der Waals surface area contributed by atoms with Crippen molar-refractivity contribution in [3.8, 4) is 0 Å². The predicted octanol–water partition coefficient (Wildman–Crippen LogP) is 2.56. The second-order valence-corrected chi connectivity index (χ2v) is 8.30. The number of nitrogens with zero attached hydrogens (tertiary/aromatic N) is 3. The third-order valence-electron chi connectivity index (χ3n) is 3.86. The quantitative estimate of drug-likeness (QED) is 0.667. The number of non-ortho nitro benzene ring substituents is 1. The van der Waals surface area contributed by atoms with Gasteiger partial charge in [0.1, 0.15) is 5.82 Å². The number of benzene rings is 1. The Hall–Kier alpha value is -2.55. The molecule has 0 radical (unpaired) electrons. The summed E-state index contributed by atoms with van der Waals surface area (Å²) in [5.41, 5.74) is 1.15. The van der Waals surface area contributed by atoms with E-state index < -0.39 is 21.6 Å². The van der Waals surface area contributed by atoms with Crippen LogP contribution in [0.1, 0.15) is 42.4 Å².